The van der Waals surface area contributed by atoms with Gasteiger partial charge >= 0.3 is 5.97 Å². The van der Waals surface area contributed by atoms with E-state index in [1.807, 2.05) is 25.2 Å². The average Bonchev–Trinajstić information content (AvgIpc) is 3.25. The number of carboxylic acid groups (broad SMARTS) is 1. The molecule has 0 bridgehead atoms. The van der Waals surface area contributed by atoms with Crippen molar-refractivity contribution in [3.8, 4) is 5.75 Å². The van der Waals surface area contributed by atoms with Gasteiger partial charge in [0.2, 0.25) is 0 Å². The number of nitrogens with zero attached hydrogens (tertiary/aromatic N) is 1. The summed E-state index contributed by atoms with van der Waals surface area (Å²) in [4.78, 5) is 27.3. The number of halogens is 3. The minimum Gasteiger partial charge on any atom is -0.490 e. The number of amides is 1. The maximum absolute atomic E-state index is 15.1. The predicted octanol–water partition coefficient (Wildman–Crippen LogP) is 5.96. The van der Waals surface area contributed by atoms with Gasteiger partial charge in [-0.2, -0.15) is 0 Å². The fourth-order valence-electron chi connectivity index (χ4n) is 5.24. The monoisotopic (exact) mass is 572 g/mol. The number of aliphatic carboxylic acids is 1. The van der Waals surface area contributed by atoms with Crippen LogP contribution in [0.15, 0.2) is 54.6 Å². The van der Waals surface area contributed by atoms with E-state index in [0.29, 0.717) is 18.8 Å². The van der Waals surface area contributed by atoms with Crippen LogP contribution in [0.3, 0.4) is 0 Å². The van der Waals surface area contributed by atoms with Crippen LogP contribution in [0.1, 0.15) is 34.3 Å². The van der Waals surface area contributed by atoms with E-state index in [0.717, 1.165) is 18.2 Å². The average molecular weight is 573 g/mol. The molecule has 2 heterocycles. The number of carboxylic acids is 1. The Morgan fingerprint density at radius 3 is 2.59 bits per heavy atom. The molecule has 0 unspecified atom stereocenters. The molecule has 1 atom stereocenters. The molecule has 0 spiro atoms. The summed E-state index contributed by atoms with van der Waals surface area (Å²) in [6, 6.07) is 15.1. The molecule has 2 aliphatic heterocycles. The molecule has 3 aromatic carbocycles. The van der Waals surface area contributed by atoms with Crippen LogP contribution < -0.4 is 15.0 Å². The zero-order valence-electron chi connectivity index (χ0n) is 21.2. The molecule has 204 valence electrons. The number of para-hydroxylation sites is 1. The van der Waals surface area contributed by atoms with Gasteiger partial charge in [0.05, 0.1) is 32.8 Å². The summed E-state index contributed by atoms with van der Waals surface area (Å²) >= 11 is 12.7. The molecule has 7 nitrogen and oxygen atoms in total. The van der Waals surface area contributed by atoms with Crippen molar-refractivity contribution in [2.24, 2.45) is 0 Å². The zero-order chi connectivity index (χ0) is 27.7. The summed E-state index contributed by atoms with van der Waals surface area (Å²) in [5.41, 5.74) is 1.55. The van der Waals surface area contributed by atoms with Crippen molar-refractivity contribution in [3.63, 3.8) is 0 Å². The second-order valence-corrected chi connectivity index (χ2v) is 10.6. The second kappa shape index (κ2) is 11.0. The van der Waals surface area contributed by atoms with Crippen LogP contribution >= 0.6 is 23.2 Å². The molecule has 2 N–H and O–H groups in total. The van der Waals surface area contributed by atoms with E-state index in [9.17, 15) is 14.7 Å². The van der Waals surface area contributed by atoms with Gasteiger partial charge in [-0.15, -0.1) is 0 Å². The van der Waals surface area contributed by atoms with Crippen molar-refractivity contribution < 1.29 is 28.6 Å². The normalized spacial score (nSPS) is 17.9. The zero-order valence-corrected chi connectivity index (χ0v) is 22.7. The largest absolute Gasteiger partial charge is 0.490 e. The van der Waals surface area contributed by atoms with Crippen LogP contribution in [0.4, 0.5) is 15.8 Å². The van der Waals surface area contributed by atoms with E-state index in [2.05, 4.69) is 16.3 Å². The van der Waals surface area contributed by atoms with Gasteiger partial charge in [0, 0.05) is 32.0 Å². The van der Waals surface area contributed by atoms with E-state index in [4.69, 9.17) is 32.7 Å². The lowest BCUT2D eigenvalue weighted by Gasteiger charge is -2.34. The van der Waals surface area contributed by atoms with Gasteiger partial charge in [-0.05, 0) is 54.7 Å². The molecule has 1 saturated heterocycles. The summed E-state index contributed by atoms with van der Waals surface area (Å²) in [6.07, 6.45) is 1.36. The van der Waals surface area contributed by atoms with Gasteiger partial charge in [0.15, 0.2) is 0 Å². The van der Waals surface area contributed by atoms with Gasteiger partial charge < -0.3 is 24.8 Å². The summed E-state index contributed by atoms with van der Waals surface area (Å²) in [7, 11) is 1.98. The van der Waals surface area contributed by atoms with Crippen molar-refractivity contribution in [3.05, 3.63) is 87.2 Å². The van der Waals surface area contributed by atoms with Crippen LogP contribution in [0.5, 0.6) is 5.75 Å². The smallest absolute Gasteiger partial charge is 0.314 e. The first-order valence-corrected chi connectivity index (χ1v) is 13.3. The highest BCUT2D eigenvalue weighted by Crippen LogP contribution is 2.38. The van der Waals surface area contributed by atoms with E-state index in [1.165, 1.54) is 23.8 Å². The third-order valence-corrected chi connectivity index (χ3v) is 8.22. The number of anilines is 2. The summed E-state index contributed by atoms with van der Waals surface area (Å²) in [5.74, 6) is -2.43. The fraction of sp³-hybridized carbons (Fsp3) is 0.310. The molecule has 39 heavy (non-hydrogen) atoms. The van der Waals surface area contributed by atoms with E-state index in [1.54, 1.807) is 6.07 Å². The summed E-state index contributed by atoms with van der Waals surface area (Å²) in [5, 5.41) is 12.9. The van der Waals surface area contributed by atoms with E-state index >= 15 is 4.39 Å². The Bertz CT molecular complexity index is 1430. The van der Waals surface area contributed by atoms with Gasteiger partial charge in [0.1, 0.15) is 18.2 Å². The van der Waals surface area contributed by atoms with Gasteiger partial charge in [-0.1, -0.05) is 47.5 Å². The number of carbonyl (C=O) groups excluding carboxylic acids is 1. The molecule has 0 aliphatic carbocycles. The number of fused-ring (bicyclic) bond motifs is 1. The predicted molar refractivity (Wildman–Crippen MR) is 148 cm³/mol. The molecule has 0 saturated carbocycles. The molecule has 2 aliphatic rings. The molecule has 1 amide bonds. The lowest BCUT2D eigenvalue weighted by atomic mass is 9.74. The van der Waals surface area contributed by atoms with Crippen molar-refractivity contribution in [1.82, 2.24) is 0 Å². The third kappa shape index (κ3) is 5.29. The Hall–Kier alpha value is -3.33. The Kier molecular flexibility index (Phi) is 7.71. The summed E-state index contributed by atoms with van der Waals surface area (Å²) < 4.78 is 26.3. The molecule has 5 rings (SSSR count). The number of ether oxygens (including phenoxy) is 2. The van der Waals surface area contributed by atoms with Crippen molar-refractivity contribution in [2.45, 2.75) is 30.7 Å². The highest BCUT2D eigenvalue weighted by atomic mass is 35.5. The quantitative estimate of drug-likeness (QED) is 0.363. The minimum atomic E-state index is -1.16. The van der Waals surface area contributed by atoms with E-state index in [-0.39, 0.29) is 52.5 Å². The van der Waals surface area contributed by atoms with Crippen LogP contribution in [-0.2, 0) is 21.4 Å². The van der Waals surface area contributed by atoms with Crippen molar-refractivity contribution >= 4 is 46.5 Å². The molecule has 3 aromatic rings. The molecule has 10 heteroatoms. The Morgan fingerprint density at radius 1 is 1.13 bits per heavy atom. The van der Waals surface area contributed by atoms with Crippen LogP contribution in [0.25, 0.3) is 0 Å². The Labute approximate surface area is 235 Å². The minimum absolute atomic E-state index is 0.0590. The van der Waals surface area contributed by atoms with Crippen LogP contribution in [-0.4, -0.2) is 49.9 Å². The van der Waals surface area contributed by atoms with Gasteiger partial charge in [-0.3, -0.25) is 9.59 Å². The number of nitrogens with one attached hydrogen (secondary N) is 1. The van der Waals surface area contributed by atoms with Gasteiger partial charge in [0.25, 0.3) is 5.91 Å². The van der Waals surface area contributed by atoms with Crippen LogP contribution in [0, 0.1) is 5.82 Å². The van der Waals surface area contributed by atoms with Crippen molar-refractivity contribution in [1.29, 1.82) is 0 Å². The lowest BCUT2D eigenvalue weighted by Crippen LogP contribution is -2.41. The SMILES string of the molecule is CN1c2ccccc2C[C@@H]1COc1cc(F)c(C(=O)Nc2cc(C3(C(=O)O)CCOCC3)ccc2Cl)cc1Cl. The number of likely N-dealkylation sites (N-methyl/N-ethyl adjacent to an activating group) is 1. The first kappa shape index (κ1) is 27.2. The Balaban J connectivity index is 1.31. The first-order valence-electron chi connectivity index (χ1n) is 12.5. The number of benzene rings is 3. The highest BCUT2D eigenvalue weighted by Gasteiger charge is 2.42. The number of rotatable bonds is 7. The molecular formula is C29H27Cl2FN2O5. The lowest BCUT2D eigenvalue weighted by molar-refractivity contribution is -0.147. The number of hydrogen-bond acceptors (Lipinski definition) is 5. The molecule has 0 radical (unpaired) electrons. The third-order valence-electron chi connectivity index (χ3n) is 7.60. The van der Waals surface area contributed by atoms with Gasteiger partial charge in [-0.25, -0.2) is 4.39 Å². The second-order valence-electron chi connectivity index (χ2n) is 9.82. The maximum Gasteiger partial charge on any atom is 0.314 e. The topological polar surface area (TPSA) is 88.1 Å². The number of carbonyl (C=O) groups is 2. The van der Waals surface area contributed by atoms with Crippen molar-refractivity contribution in [2.75, 3.05) is 37.1 Å². The first-order chi connectivity index (χ1) is 18.7. The van der Waals surface area contributed by atoms with E-state index < -0.39 is 23.1 Å². The molecule has 0 aromatic heterocycles. The maximum atomic E-state index is 15.1. The van der Waals surface area contributed by atoms with Crippen LogP contribution in [0.2, 0.25) is 10.0 Å². The fourth-order valence-corrected chi connectivity index (χ4v) is 5.62. The summed E-state index contributed by atoms with van der Waals surface area (Å²) in [6.45, 7) is 0.895. The molecule has 1 fully saturated rings. The molecular weight excluding hydrogens is 546 g/mol. The highest BCUT2D eigenvalue weighted by molar-refractivity contribution is 6.34. The standard InChI is InChI=1S/C29H27Cl2FN2O5/c1-34-19(12-17-4-2-3-5-25(17)34)16-39-26-15-23(32)20(14-22(26)31)27(35)33-24-13-18(6-7-21(24)30)29(28(36)37)8-10-38-11-9-29/h2-7,13-15,19H,8-12,16H2,1H3,(H,33,35)(H,36,37)/t19-/m1/s1. The number of hydrogen-bond donors (Lipinski definition) is 2. The Morgan fingerprint density at radius 2 is 1.87 bits per heavy atom.